The Morgan fingerprint density at radius 1 is 1.29 bits per heavy atom. The highest BCUT2D eigenvalue weighted by Crippen LogP contribution is 2.32. The lowest BCUT2D eigenvalue weighted by atomic mass is 10.2. The third-order valence-corrected chi connectivity index (χ3v) is 3.18. The molecule has 2 aliphatic rings. The molecule has 1 aromatic heterocycles. The molecule has 2 saturated heterocycles. The van der Waals surface area contributed by atoms with Crippen molar-refractivity contribution in [2.45, 2.75) is 38.1 Å². The predicted octanol–water partition coefficient (Wildman–Crippen LogP) is 0.970. The Hall–Kier alpha value is -0.980. The minimum Gasteiger partial charge on any atom is -0.367 e. The zero-order chi connectivity index (χ0) is 11.7. The minimum atomic E-state index is -0.0972. The molecule has 94 valence electrons. The van der Waals surface area contributed by atoms with Gasteiger partial charge in [-0.2, -0.15) is 4.98 Å². The van der Waals surface area contributed by atoms with Gasteiger partial charge in [-0.15, -0.1) is 0 Å². The van der Waals surface area contributed by atoms with E-state index in [0.717, 1.165) is 25.9 Å². The molecular weight excluding hydrogens is 222 g/mol. The molecule has 1 aromatic rings. The van der Waals surface area contributed by atoms with E-state index in [1.165, 1.54) is 0 Å². The maximum Gasteiger partial charge on any atom is 0.255 e. The summed E-state index contributed by atoms with van der Waals surface area (Å²) in [4.78, 5) is 4.38. The highest BCUT2D eigenvalue weighted by atomic mass is 16.5. The van der Waals surface area contributed by atoms with Crippen LogP contribution in [0.25, 0.3) is 0 Å². The zero-order valence-corrected chi connectivity index (χ0v) is 9.89. The molecule has 2 aliphatic heterocycles. The molecule has 0 radical (unpaired) electrons. The third kappa shape index (κ3) is 2.34. The Bertz CT molecular complexity index is 357. The highest BCUT2D eigenvalue weighted by molar-refractivity contribution is 4.97. The lowest BCUT2D eigenvalue weighted by Crippen LogP contribution is -2.33. The number of hydrogen-bond acceptors (Lipinski definition) is 6. The Morgan fingerprint density at radius 2 is 2.24 bits per heavy atom. The maximum absolute atomic E-state index is 5.70. The van der Waals surface area contributed by atoms with Gasteiger partial charge in [0.1, 0.15) is 12.2 Å². The van der Waals surface area contributed by atoms with Crippen LogP contribution in [0.4, 0.5) is 0 Å². The second-order valence-electron chi connectivity index (χ2n) is 4.57. The molecule has 0 spiro atoms. The van der Waals surface area contributed by atoms with E-state index in [-0.39, 0.29) is 18.3 Å². The first-order valence-corrected chi connectivity index (χ1v) is 6.14. The molecule has 0 bridgehead atoms. The van der Waals surface area contributed by atoms with Crippen molar-refractivity contribution >= 4 is 0 Å². The van der Waals surface area contributed by atoms with Gasteiger partial charge in [0.15, 0.2) is 0 Å². The van der Waals surface area contributed by atoms with Gasteiger partial charge in [0.2, 0.25) is 5.82 Å². The lowest BCUT2D eigenvalue weighted by Gasteiger charge is -2.20. The summed E-state index contributed by atoms with van der Waals surface area (Å²) in [5.41, 5.74) is 0. The summed E-state index contributed by atoms with van der Waals surface area (Å²) in [7, 11) is 0. The monoisotopic (exact) mass is 239 g/mol. The van der Waals surface area contributed by atoms with Crippen LogP contribution >= 0.6 is 0 Å². The van der Waals surface area contributed by atoms with Gasteiger partial charge < -0.3 is 19.3 Å². The number of nitrogens with zero attached hydrogens (tertiary/aromatic N) is 2. The van der Waals surface area contributed by atoms with Gasteiger partial charge in [-0.1, -0.05) is 5.16 Å². The summed E-state index contributed by atoms with van der Waals surface area (Å²) in [6.07, 6.45) is 2.14. The Morgan fingerprint density at radius 3 is 2.94 bits per heavy atom. The molecule has 6 heteroatoms. The lowest BCUT2D eigenvalue weighted by molar-refractivity contribution is 0.0208. The number of morpholine rings is 1. The molecule has 3 atom stereocenters. The van der Waals surface area contributed by atoms with Crippen molar-refractivity contribution in [3.63, 3.8) is 0 Å². The molecule has 1 N–H and O–H groups in total. The number of ether oxygens (including phenoxy) is 2. The van der Waals surface area contributed by atoms with Crippen molar-refractivity contribution in [1.29, 1.82) is 0 Å². The van der Waals surface area contributed by atoms with Gasteiger partial charge in [0.05, 0.1) is 12.7 Å². The second kappa shape index (κ2) is 4.72. The zero-order valence-electron chi connectivity index (χ0n) is 9.89. The predicted molar refractivity (Wildman–Crippen MR) is 58.4 cm³/mol. The van der Waals surface area contributed by atoms with Crippen LogP contribution in [0.2, 0.25) is 0 Å². The van der Waals surface area contributed by atoms with Crippen LogP contribution in [0.3, 0.4) is 0 Å². The molecule has 6 nitrogen and oxygen atoms in total. The van der Waals surface area contributed by atoms with E-state index in [0.29, 0.717) is 18.3 Å². The van der Waals surface area contributed by atoms with Gasteiger partial charge in [0.25, 0.3) is 5.89 Å². The van der Waals surface area contributed by atoms with Crippen LogP contribution in [0.1, 0.15) is 43.7 Å². The molecule has 0 amide bonds. The maximum atomic E-state index is 5.70. The van der Waals surface area contributed by atoms with Crippen LogP contribution in [0.5, 0.6) is 0 Å². The first-order valence-electron chi connectivity index (χ1n) is 6.14. The molecule has 0 aliphatic carbocycles. The van der Waals surface area contributed by atoms with E-state index in [1.807, 2.05) is 0 Å². The summed E-state index contributed by atoms with van der Waals surface area (Å²) < 4.78 is 16.5. The summed E-state index contributed by atoms with van der Waals surface area (Å²) in [5.74, 6) is 1.20. The molecule has 3 heterocycles. The van der Waals surface area contributed by atoms with Crippen LogP contribution in [-0.2, 0) is 9.47 Å². The van der Waals surface area contributed by atoms with E-state index in [9.17, 15) is 0 Å². The van der Waals surface area contributed by atoms with Gasteiger partial charge in [-0.05, 0) is 19.8 Å². The number of hydrogen-bond donors (Lipinski definition) is 1. The van der Waals surface area contributed by atoms with Crippen LogP contribution in [-0.4, -0.2) is 35.9 Å². The van der Waals surface area contributed by atoms with Gasteiger partial charge in [0, 0.05) is 13.1 Å². The van der Waals surface area contributed by atoms with E-state index in [1.54, 1.807) is 0 Å². The van der Waals surface area contributed by atoms with Crippen molar-refractivity contribution in [2.75, 3.05) is 19.7 Å². The van der Waals surface area contributed by atoms with Crippen LogP contribution < -0.4 is 5.32 Å². The molecule has 3 unspecified atom stereocenters. The van der Waals surface area contributed by atoms with Gasteiger partial charge in [-0.3, -0.25) is 0 Å². The smallest absolute Gasteiger partial charge is 0.255 e. The van der Waals surface area contributed by atoms with Gasteiger partial charge >= 0.3 is 0 Å². The van der Waals surface area contributed by atoms with Crippen molar-refractivity contribution in [3.05, 3.63) is 11.7 Å². The standard InChI is InChI=1S/C11H17N3O3/c1-7-2-3-8(16-7)11-13-10(14-17-11)9-6-12-4-5-15-9/h7-9,12H,2-6H2,1H3. The third-order valence-electron chi connectivity index (χ3n) is 3.18. The number of rotatable bonds is 2. The van der Waals surface area contributed by atoms with E-state index in [4.69, 9.17) is 14.0 Å². The summed E-state index contributed by atoms with van der Waals surface area (Å²) in [6, 6.07) is 0. The van der Waals surface area contributed by atoms with Crippen molar-refractivity contribution in [3.8, 4) is 0 Å². The molecule has 17 heavy (non-hydrogen) atoms. The molecule has 2 fully saturated rings. The Labute approximate surface area is 99.7 Å². The van der Waals surface area contributed by atoms with Crippen LogP contribution in [0, 0.1) is 0 Å². The first kappa shape index (κ1) is 11.1. The van der Waals surface area contributed by atoms with Crippen molar-refractivity contribution < 1.29 is 14.0 Å². The highest BCUT2D eigenvalue weighted by Gasteiger charge is 2.30. The second-order valence-corrected chi connectivity index (χ2v) is 4.57. The number of nitrogens with one attached hydrogen (secondary N) is 1. The molecule has 3 rings (SSSR count). The minimum absolute atomic E-state index is 0.0391. The van der Waals surface area contributed by atoms with E-state index >= 15 is 0 Å². The summed E-state index contributed by atoms with van der Waals surface area (Å²) >= 11 is 0. The van der Waals surface area contributed by atoms with E-state index in [2.05, 4.69) is 22.4 Å². The molecular formula is C11H17N3O3. The Kier molecular flexibility index (Phi) is 3.09. The summed E-state index contributed by atoms with van der Waals surface area (Å²) in [6.45, 7) is 4.36. The number of aromatic nitrogens is 2. The fourth-order valence-corrected chi connectivity index (χ4v) is 2.22. The molecule has 0 saturated carbocycles. The Balaban J connectivity index is 1.69. The molecule has 0 aromatic carbocycles. The average Bonchev–Trinajstić information content (AvgIpc) is 2.98. The SMILES string of the molecule is CC1CCC(c2nc(C3CNCCO3)no2)O1. The van der Waals surface area contributed by atoms with Crippen LogP contribution in [0.15, 0.2) is 4.52 Å². The van der Waals surface area contributed by atoms with Crippen molar-refractivity contribution in [2.24, 2.45) is 0 Å². The first-order chi connectivity index (χ1) is 8.33. The summed E-state index contributed by atoms with van der Waals surface area (Å²) in [5, 5.41) is 7.22. The normalized spacial score (nSPS) is 34.1. The van der Waals surface area contributed by atoms with E-state index < -0.39 is 0 Å². The quantitative estimate of drug-likeness (QED) is 0.829. The topological polar surface area (TPSA) is 69.4 Å². The fourth-order valence-electron chi connectivity index (χ4n) is 2.22. The van der Waals surface area contributed by atoms with Gasteiger partial charge in [-0.25, -0.2) is 0 Å². The largest absolute Gasteiger partial charge is 0.367 e. The fraction of sp³-hybridized carbons (Fsp3) is 0.818. The average molecular weight is 239 g/mol. The van der Waals surface area contributed by atoms with Crippen molar-refractivity contribution in [1.82, 2.24) is 15.5 Å².